The van der Waals surface area contributed by atoms with E-state index in [9.17, 15) is 4.79 Å². The van der Waals surface area contributed by atoms with Crippen molar-refractivity contribution >= 4 is 34.7 Å². The van der Waals surface area contributed by atoms with Gasteiger partial charge in [0.15, 0.2) is 5.82 Å². The van der Waals surface area contributed by atoms with Crippen LogP contribution in [0.1, 0.15) is 5.56 Å². The number of pyridine rings is 1. The number of carbonyl (C=O) groups is 1. The number of thiophene rings is 1. The number of hydrogen-bond donors (Lipinski definition) is 1. The molecule has 0 saturated heterocycles. The lowest BCUT2D eigenvalue weighted by Gasteiger charge is -2.04. The zero-order valence-corrected chi connectivity index (χ0v) is 9.89. The normalized spacial score (nSPS) is 10.1. The molecule has 1 amide bonds. The number of amides is 1. The van der Waals surface area contributed by atoms with E-state index < -0.39 is 0 Å². The summed E-state index contributed by atoms with van der Waals surface area (Å²) in [5.41, 5.74) is 0.995. The molecule has 2 heterocycles. The van der Waals surface area contributed by atoms with Gasteiger partial charge in [-0.15, -0.1) is 0 Å². The fourth-order valence-electron chi connectivity index (χ4n) is 1.23. The molecule has 16 heavy (non-hydrogen) atoms. The molecule has 0 bridgehead atoms. The lowest BCUT2D eigenvalue weighted by Crippen LogP contribution is -2.15. The summed E-state index contributed by atoms with van der Waals surface area (Å²) in [6.45, 7) is 0. The molecule has 2 rings (SSSR count). The molecule has 0 atom stereocenters. The van der Waals surface area contributed by atoms with Crippen LogP contribution in [0.5, 0.6) is 0 Å². The highest BCUT2D eigenvalue weighted by molar-refractivity contribution is 7.08. The first-order valence-corrected chi connectivity index (χ1v) is 5.99. The van der Waals surface area contributed by atoms with Gasteiger partial charge in [0.2, 0.25) is 5.91 Å². The molecule has 2 aromatic heterocycles. The number of carbonyl (C=O) groups excluding carboxylic acids is 1. The Bertz CT molecular complexity index is 484. The number of hydrogen-bond acceptors (Lipinski definition) is 3. The van der Waals surface area contributed by atoms with E-state index in [1.54, 1.807) is 29.7 Å². The van der Waals surface area contributed by atoms with Gasteiger partial charge in [0.1, 0.15) is 0 Å². The number of rotatable bonds is 3. The maximum atomic E-state index is 11.6. The van der Waals surface area contributed by atoms with E-state index in [0.29, 0.717) is 17.3 Å². The minimum absolute atomic E-state index is 0.112. The molecule has 0 unspecified atom stereocenters. The topological polar surface area (TPSA) is 42.0 Å². The molecule has 0 aliphatic rings. The minimum atomic E-state index is -0.112. The Hall–Kier alpha value is -1.39. The van der Waals surface area contributed by atoms with Crippen LogP contribution in [0.4, 0.5) is 5.82 Å². The van der Waals surface area contributed by atoms with Gasteiger partial charge < -0.3 is 5.32 Å². The van der Waals surface area contributed by atoms with E-state index in [1.165, 1.54) is 0 Å². The van der Waals surface area contributed by atoms with Crippen LogP contribution in [-0.2, 0) is 11.2 Å². The SMILES string of the molecule is O=C(Cc1ccsc1)Nc1ncccc1Cl. The van der Waals surface area contributed by atoms with Crippen molar-refractivity contribution in [1.29, 1.82) is 0 Å². The highest BCUT2D eigenvalue weighted by Gasteiger charge is 2.07. The molecule has 82 valence electrons. The van der Waals surface area contributed by atoms with E-state index in [-0.39, 0.29) is 5.91 Å². The summed E-state index contributed by atoms with van der Waals surface area (Å²) in [5, 5.41) is 7.00. The lowest BCUT2D eigenvalue weighted by molar-refractivity contribution is -0.115. The average molecular weight is 253 g/mol. The van der Waals surface area contributed by atoms with Crippen LogP contribution in [0.3, 0.4) is 0 Å². The van der Waals surface area contributed by atoms with Crippen molar-refractivity contribution in [3.05, 3.63) is 45.7 Å². The molecule has 0 aliphatic heterocycles. The maximum Gasteiger partial charge on any atom is 0.230 e. The molecule has 0 aromatic carbocycles. The smallest absolute Gasteiger partial charge is 0.230 e. The molecule has 0 saturated carbocycles. The first-order chi connectivity index (χ1) is 7.75. The van der Waals surface area contributed by atoms with E-state index >= 15 is 0 Å². The summed E-state index contributed by atoms with van der Waals surface area (Å²) in [6, 6.07) is 5.33. The molecule has 0 fully saturated rings. The van der Waals surface area contributed by atoms with Crippen LogP contribution >= 0.6 is 22.9 Å². The largest absolute Gasteiger partial charge is 0.309 e. The molecule has 3 nitrogen and oxygen atoms in total. The third-order valence-electron chi connectivity index (χ3n) is 1.96. The summed E-state index contributed by atoms with van der Waals surface area (Å²) in [7, 11) is 0. The van der Waals surface area contributed by atoms with E-state index in [4.69, 9.17) is 11.6 Å². The number of nitrogens with one attached hydrogen (secondary N) is 1. The molecule has 0 spiro atoms. The quantitative estimate of drug-likeness (QED) is 0.913. The zero-order valence-electron chi connectivity index (χ0n) is 8.31. The van der Waals surface area contributed by atoms with E-state index in [0.717, 1.165) is 5.56 Å². The summed E-state index contributed by atoms with van der Waals surface area (Å²) < 4.78 is 0. The van der Waals surface area contributed by atoms with Crippen LogP contribution in [0.2, 0.25) is 5.02 Å². The predicted octanol–water partition coefficient (Wildman–Crippen LogP) is 2.98. The van der Waals surface area contributed by atoms with Gasteiger partial charge in [-0.1, -0.05) is 11.6 Å². The Morgan fingerprint density at radius 2 is 2.38 bits per heavy atom. The number of aromatic nitrogens is 1. The number of halogens is 1. The number of anilines is 1. The van der Waals surface area contributed by atoms with Crippen molar-refractivity contribution < 1.29 is 4.79 Å². The van der Waals surface area contributed by atoms with Crippen molar-refractivity contribution in [3.8, 4) is 0 Å². The summed E-state index contributed by atoms with van der Waals surface area (Å²) in [4.78, 5) is 15.6. The predicted molar refractivity (Wildman–Crippen MR) is 65.9 cm³/mol. The van der Waals surface area contributed by atoms with Crippen LogP contribution in [0, 0.1) is 0 Å². The summed E-state index contributed by atoms with van der Waals surface area (Å²) in [5.74, 6) is 0.295. The molecule has 1 N–H and O–H groups in total. The van der Waals surface area contributed by atoms with Gasteiger partial charge in [0.25, 0.3) is 0 Å². The van der Waals surface area contributed by atoms with Gasteiger partial charge in [-0.3, -0.25) is 4.79 Å². The minimum Gasteiger partial charge on any atom is -0.309 e. The van der Waals surface area contributed by atoms with Crippen LogP contribution in [-0.4, -0.2) is 10.9 Å². The average Bonchev–Trinajstić information content (AvgIpc) is 2.74. The molecular formula is C11H9ClN2OS. The monoisotopic (exact) mass is 252 g/mol. The second-order valence-electron chi connectivity index (χ2n) is 3.19. The van der Waals surface area contributed by atoms with E-state index in [1.807, 2.05) is 16.8 Å². The standard InChI is InChI=1S/C11H9ClN2OS/c12-9-2-1-4-13-11(9)14-10(15)6-8-3-5-16-7-8/h1-5,7H,6H2,(H,13,14,15). The maximum absolute atomic E-state index is 11.6. The fraction of sp³-hybridized carbons (Fsp3) is 0.0909. The van der Waals surface area contributed by atoms with E-state index in [2.05, 4.69) is 10.3 Å². The first kappa shape index (κ1) is 11.1. The van der Waals surface area contributed by atoms with Crippen molar-refractivity contribution in [2.75, 3.05) is 5.32 Å². The Morgan fingerprint density at radius 1 is 1.50 bits per heavy atom. The summed E-state index contributed by atoms with van der Waals surface area (Å²) in [6.07, 6.45) is 1.93. The van der Waals surface area contributed by atoms with Gasteiger partial charge >= 0.3 is 0 Å². The van der Waals surface area contributed by atoms with Crippen molar-refractivity contribution in [3.63, 3.8) is 0 Å². The van der Waals surface area contributed by atoms with Gasteiger partial charge in [0, 0.05) is 6.20 Å². The fourth-order valence-corrected chi connectivity index (χ4v) is 2.07. The van der Waals surface area contributed by atoms with Gasteiger partial charge in [0.05, 0.1) is 11.4 Å². The Balaban J connectivity index is 2.00. The second kappa shape index (κ2) is 5.09. The molecular weight excluding hydrogens is 244 g/mol. The lowest BCUT2D eigenvalue weighted by atomic mass is 10.2. The highest BCUT2D eigenvalue weighted by atomic mass is 35.5. The Kier molecular flexibility index (Phi) is 3.54. The third-order valence-corrected chi connectivity index (χ3v) is 3.00. The van der Waals surface area contributed by atoms with Crippen molar-refractivity contribution in [2.45, 2.75) is 6.42 Å². The van der Waals surface area contributed by atoms with Crippen LogP contribution in [0.15, 0.2) is 35.2 Å². The highest BCUT2D eigenvalue weighted by Crippen LogP contribution is 2.17. The van der Waals surface area contributed by atoms with Crippen LogP contribution < -0.4 is 5.32 Å². The Morgan fingerprint density at radius 3 is 3.06 bits per heavy atom. The van der Waals surface area contributed by atoms with Gasteiger partial charge in [-0.2, -0.15) is 11.3 Å². The van der Waals surface area contributed by atoms with Crippen molar-refractivity contribution in [2.24, 2.45) is 0 Å². The molecule has 0 radical (unpaired) electrons. The Labute approximate surface area is 102 Å². The van der Waals surface area contributed by atoms with Gasteiger partial charge in [-0.05, 0) is 34.5 Å². The third kappa shape index (κ3) is 2.81. The zero-order chi connectivity index (χ0) is 11.4. The van der Waals surface area contributed by atoms with Gasteiger partial charge in [-0.25, -0.2) is 4.98 Å². The first-order valence-electron chi connectivity index (χ1n) is 4.67. The van der Waals surface area contributed by atoms with Crippen molar-refractivity contribution in [1.82, 2.24) is 4.98 Å². The molecule has 2 aromatic rings. The number of nitrogens with zero attached hydrogens (tertiary/aromatic N) is 1. The molecule has 5 heteroatoms. The second-order valence-corrected chi connectivity index (χ2v) is 4.38. The summed E-state index contributed by atoms with van der Waals surface area (Å²) >= 11 is 7.44. The molecule has 0 aliphatic carbocycles. The van der Waals surface area contributed by atoms with Crippen LogP contribution in [0.25, 0.3) is 0 Å².